The predicted molar refractivity (Wildman–Crippen MR) is 157 cm³/mol. The molecule has 0 aliphatic carbocycles. The Kier molecular flexibility index (Phi) is 5.86. The minimum atomic E-state index is -3.24. The highest BCUT2D eigenvalue weighted by atomic mass is 35.5. The summed E-state index contributed by atoms with van der Waals surface area (Å²) in [5.41, 5.74) is 0.590. The van der Waals surface area contributed by atoms with Crippen LogP contribution in [0, 0.1) is 11.3 Å². The summed E-state index contributed by atoms with van der Waals surface area (Å²) in [5, 5.41) is 13.2. The van der Waals surface area contributed by atoms with Crippen LogP contribution in [0.2, 0.25) is 5.02 Å². The molecule has 0 radical (unpaired) electrons. The largest absolute Gasteiger partial charge is 0.494 e. The predicted octanol–water partition coefficient (Wildman–Crippen LogP) is 6.11. The number of nitrogens with one attached hydrogen (secondary N) is 1. The third kappa shape index (κ3) is 7.35. The Morgan fingerprint density at radius 1 is 1.25 bits per heavy atom. The molecule has 0 amide bonds. The van der Waals surface area contributed by atoms with E-state index in [-0.39, 0.29) is 56.5 Å². The first-order valence-electron chi connectivity index (χ1n) is 17.3. The van der Waals surface area contributed by atoms with Crippen LogP contribution in [0.25, 0.3) is 10.9 Å². The van der Waals surface area contributed by atoms with Gasteiger partial charge >= 0.3 is 0 Å². The third-order valence-electron chi connectivity index (χ3n) is 5.44. The first-order valence-corrected chi connectivity index (χ1v) is 12.1. The van der Waals surface area contributed by atoms with Gasteiger partial charge in [-0.05, 0) is 63.3 Å². The van der Waals surface area contributed by atoms with Gasteiger partial charge in [-0.3, -0.25) is 14.8 Å². The molecule has 0 bridgehead atoms. The molecule has 8 nitrogen and oxygen atoms in total. The second kappa shape index (κ2) is 13.6. The summed E-state index contributed by atoms with van der Waals surface area (Å²) in [5.74, 6) is -1.19. The number of hydrogen-bond acceptors (Lipinski definition) is 8. The van der Waals surface area contributed by atoms with Gasteiger partial charge in [0.05, 0.1) is 40.9 Å². The molecule has 9 heteroatoms. The minimum absolute atomic E-state index is 0.00411. The van der Waals surface area contributed by atoms with Gasteiger partial charge in [-0.15, -0.1) is 0 Å². The van der Waals surface area contributed by atoms with Crippen molar-refractivity contribution >= 4 is 39.7 Å². The highest BCUT2D eigenvalue weighted by Crippen LogP contribution is 2.36. The highest BCUT2D eigenvalue weighted by Gasteiger charge is 2.16. The van der Waals surface area contributed by atoms with Crippen LogP contribution in [0.5, 0.6) is 11.5 Å². The summed E-state index contributed by atoms with van der Waals surface area (Å²) in [6.45, 7) is -11.5. The van der Waals surface area contributed by atoms with Crippen molar-refractivity contribution in [3.8, 4) is 17.6 Å². The average molecular weight is 567 g/mol. The second-order valence-corrected chi connectivity index (χ2v) is 8.77. The molecule has 0 unspecified atom stereocenters. The fraction of sp³-hybridized carbons (Fsp3) is 0.226. The number of allylic oxidation sites excluding steroid dienone is 1. The third-order valence-corrected chi connectivity index (χ3v) is 5.74. The molecule has 0 saturated carbocycles. The molecule has 0 aliphatic heterocycles. The minimum Gasteiger partial charge on any atom is -0.494 e. The highest BCUT2D eigenvalue weighted by molar-refractivity contribution is 6.32. The van der Waals surface area contributed by atoms with Gasteiger partial charge in [0.2, 0.25) is 0 Å². The summed E-state index contributed by atoms with van der Waals surface area (Å²) < 4.78 is 96.7. The van der Waals surface area contributed by atoms with Crippen molar-refractivity contribution in [1.29, 1.82) is 5.26 Å². The monoisotopic (exact) mass is 566 g/mol. The number of ketones is 1. The summed E-state index contributed by atoms with van der Waals surface area (Å²) in [6, 6.07) is 13.0. The molecule has 1 N–H and O–H groups in total. The quantitative estimate of drug-likeness (QED) is 0.205. The van der Waals surface area contributed by atoms with Gasteiger partial charge < -0.3 is 19.7 Å². The van der Waals surface area contributed by atoms with Crippen molar-refractivity contribution < 1.29 is 29.3 Å². The molecule has 0 aliphatic rings. The molecule has 204 valence electrons. The Morgan fingerprint density at radius 3 is 2.90 bits per heavy atom. The topological polar surface area (TPSA) is 100 Å². The number of rotatable bonds is 12. The smallest absolute Gasteiger partial charge is 0.159 e. The normalized spacial score (nSPS) is 16.8. The summed E-state index contributed by atoms with van der Waals surface area (Å²) in [4.78, 5) is 22.3. The number of likely N-dealkylation sites (N-methyl/N-ethyl adjacent to an activating group) is 1. The van der Waals surface area contributed by atoms with Gasteiger partial charge in [0.1, 0.15) is 24.1 Å². The molecule has 2 aromatic heterocycles. The number of carbonyl (C=O) groups excluding carboxylic acids is 1. The lowest BCUT2D eigenvalue weighted by Crippen LogP contribution is -2.11. The van der Waals surface area contributed by atoms with Crippen LogP contribution in [0.3, 0.4) is 0 Å². The number of pyridine rings is 2. The lowest BCUT2D eigenvalue weighted by molar-refractivity contribution is -0.114. The maximum atomic E-state index is 13.2. The van der Waals surface area contributed by atoms with Crippen molar-refractivity contribution in [2.24, 2.45) is 0 Å². The van der Waals surface area contributed by atoms with Crippen molar-refractivity contribution in [2.75, 3.05) is 32.4 Å². The van der Waals surface area contributed by atoms with Crippen LogP contribution in [0.1, 0.15) is 38.8 Å². The molecule has 4 rings (SSSR count). The van der Waals surface area contributed by atoms with Crippen LogP contribution in [-0.2, 0) is 17.8 Å². The molecule has 0 atom stereocenters. The van der Waals surface area contributed by atoms with Crippen LogP contribution in [0.4, 0.5) is 11.4 Å². The van der Waals surface area contributed by atoms with E-state index in [0.717, 1.165) is 11.0 Å². The SMILES string of the molecule is [2H]/C(=C\CN(C)C([2H])([2H])[2H])C(=O)Cc1cc2c(Nc3ccc(OC([2H])([2H])c4ccccn4)c(Cl)c3)c(C#N)cnc2cc1OC([2H])([2H])C([2H])([2H])[2H]. The fourth-order valence-electron chi connectivity index (χ4n) is 3.63. The summed E-state index contributed by atoms with van der Waals surface area (Å²) in [7, 11) is 1.29. The van der Waals surface area contributed by atoms with Crippen LogP contribution < -0.4 is 14.8 Å². The van der Waals surface area contributed by atoms with E-state index < -0.39 is 45.2 Å². The zero-order valence-corrected chi connectivity index (χ0v) is 21.9. The van der Waals surface area contributed by atoms with Crippen molar-refractivity contribution in [1.82, 2.24) is 14.9 Å². The molecular weight excluding hydrogens is 526 g/mol. The summed E-state index contributed by atoms with van der Waals surface area (Å²) >= 11 is 6.46. The Balaban J connectivity index is 1.76. The zero-order chi connectivity index (χ0) is 37.9. The molecular formula is C31H30ClN5O3. The van der Waals surface area contributed by atoms with E-state index in [2.05, 4.69) is 15.3 Å². The molecule has 2 heterocycles. The lowest BCUT2D eigenvalue weighted by Gasteiger charge is -2.16. The van der Waals surface area contributed by atoms with Crippen LogP contribution >= 0.6 is 11.6 Å². The molecule has 4 aromatic rings. The van der Waals surface area contributed by atoms with E-state index in [1.54, 1.807) is 12.1 Å². The van der Waals surface area contributed by atoms with Crippen LogP contribution in [0.15, 0.2) is 73.1 Å². The number of benzene rings is 2. The van der Waals surface area contributed by atoms with E-state index in [9.17, 15) is 10.1 Å². The Labute approximate surface area is 254 Å². The van der Waals surface area contributed by atoms with Crippen molar-refractivity contribution in [3.05, 3.63) is 94.9 Å². The van der Waals surface area contributed by atoms with Crippen LogP contribution in [-0.4, -0.2) is 47.8 Å². The number of ether oxygens (including phenoxy) is 2. The number of nitriles is 1. The standard InChI is InChI=1S/C31H30ClN5O3/c1-4-39-30-17-28-26(15-21(30)14-25(38)9-7-13-37(2)3)31(22(18-33)19-35-28)36-23-10-11-29(27(32)16-23)40-20-24-8-5-6-12-34-24/h5-12,15-17,19H,4,13-14,20H2,1-3H3,(H,35,36)/b9-7+/i1D3,2D3,4D2,9D,20D2. The number of hydrogen-bond donors (Lipinski definition) is 1. The Hall–Kier alpha value is -4.45. The maximum absolute atomic E-state index is 13.2. The fourth-order valence-corrected chi connectivity index (χ4v) is 3.85. The molecule has 0 spiro atoms. The number of anilines is 2. The van der Waals surface area contributed by atoms with Gasteiger partial charge in [-0.1, -0.05) is 23.7 Å². The van der Waals surface area contributed by atoms with Crippen molar-refractivity contribution in [2.45, 2.75) is 19.8 Å². The maximum Gasteiger partial charge on any atom is 0.159 e. The Bertz CT molecular complexity index is 2000. The van der Waals surface area contributed by atoms with Gasteiger partial charge in [-0.25, -0.2) is 0 Å². The van der Waals surface area contributed by atoms with Crippen molar-refractivity contribution in [3.63, 3.8) is 0 Å². The molecule has 2 aromatic carbocycles. The van der Waals surface area contributed by atoms with Gasteiger partial charge in [0.25, 0.3) is 0 Å². The number of nitrogens with zero attached hydrogens (tertiary/aromatic N) is 4. The van der Waals surface area contributed by atoms with E-state index in [1.807, 2.05) is 6.07 Å². The Morgan fingerprint density at radius 2 is 2.15 bits per heavy atom. The number of aromatic nitrogens is 2. The van der Waals surface area contributed by atoms with E-state index in [4.69, 9.17) is 36.2 Å². The second-order valence-electron chi connectivity index (χ2n) is 8.36. The molecule has 0 saturated heterocycles. The van der Waals surface area contributed by atoms with Gasteiger partial charge in [0.15, 0.2) is 5.78 Å². The number of halogens is 1. The van der Waals surface area contributed by atoms with E-state index in [0.29, 0.717) is 5.69 Å². The summed E-state index contributed by atoms with van der Waals surface area (Å²) in [6.07, 6.45) is 3.13. The number of fused-ring (bicyclic) bond motifs is 1. The molecule has 0 fully saturated rings. The van der Waals surface area contributed by atoms with E-state index in [1.165, 1.54) is 55.8 Å². The van der Waals surface area contributed by atoms with Gasteiger partial charge in [-0.2, -0.15) is 5.26 Å². The lowest BCUT2D eigenvalue weighted by atomic mass is 10.0. The molecule has 40 heavy (non-hydrogen) atoms. The number of carbonyl (C=O) groups is 1. The zero-order valence-electron chi connectivity index (χ0n) is 32.2. The van der Waals surface area contributed by atoms with Gasteiger partial charge in [0, 0.05) is 56.3 Å². The average Bonchev–Trinajstić information content (AvgIpc) is 3.04. The first kappa shape index (κ1) is 17.3. The van der Waals surface area contributed by atoms with E-state index >= 15 is 0 Å². The first-order chi connectivity index (χ1) is 23.6.